The van der Waals surface area contributed by atoms with E-state index in [2.05, 4.69) is 5.32 Å². The lowest BCUT2D eigenvalue weighted by Crippen LogP contribution is -2.17. The molecule has 3 aromatic carbocycles. The predicted octanol–water partition coefficient (Wildman–Crippen LogP) is 5.19. The number of nitrogens with one attached hydrogen (secondary N) is 1. The first-order valence-corrected chi connectivity index (χ1v) is 9.75. The van der Waals surface area contributed by atoms with E-state index in [0.29, 0.717) is 22.5 Å². The van der Waals surface area contributed by atoms with Gasteiger partial charge in [-0.05, 0) is 31.3 Å². The molecule has 146 valence electrons. The van der Waals surface area contributed by atoms with E-state index in [1.807, 2.05) is 79.8 Å². The molecule has 29 heavy (non-hydrogen) atoms. The third-order valence-electron chi connectivity index (χ3n) is 4.87. The minimum Gasteiger partial charge on any atom is -0.485 e. The van der Waals surface area contributed by atoms with Crippen molar-refractivity contribution in [2.45, 2.75) is 12.5 Å². The van der Waals surface area contributed by atoms with Gasteiger partial charge in [0.2, 0.25) is 0 Å². The van der Waals surface area contributed by atoms with Crippen LogP contribution in [0.2, 0.25) is 0 Å². The molecule has 1 N–H and O–H groups in total. The highest BCUT2D eigenvalue weighted by atomic mass is 16.5. The Labute approximate surface area is 169 Å². The summed E-state index contributed by atoms with van der Waals surface area (Å²) in [4.78, 5) is 13.0. The lowest BCUT2D eigenvalue weighted by molar-refractivity contribution is 0.197. The Morgan fingerprint density at radius 3 is 2.38 bits per heavy atom. The lowest BCUT2D eigenvalue weighted by Gasteiger charge is -2.20. The van der Waals surface area contributed by atoms with E-state index in [1.165, 1.54) is 6.07 Å². The third-order valence-corrected chi connectivity index (χ3v) is 4.87. The van der Waals surface area contributed by atoms with E-state index in [-0.39, 0.29) is 11.5 Å². The maximum atomic E-state index is 13.0. The van der Waals surface area contributed by atoms with E-state index in [1.54, 1.807) is 6.07 Å². The van der Waals surface area contributed by atoms with Gasteiger partial charge in [-0.15, -0.1) is 0 Å². The molecule has 0 saturated carbocycles. The molecule has 0 radical (unpaired) electrons. The largest absolute Gasteiger partial charge is 0.485 e. The summed E-state index contributed by atoms with van der Waals surface area (Å²) in [6.45, 7) is 0.803. The molecule has 1 unspecified atom stereocenters. The zero-order valence-corrected chi connectivity index (χ0v) is 16.3. The molecule has 4 nitrogen and oxygen atoms in total. The second kappa shape index (κ2) is 8.76. The molecule has 1 aromatic heterocycles. The maximum absolute atomic E-state index is 13.0. The smallest absolute Gasteiger partial charge is 0.197 e. The van der Waals surface area contributed by atoms with Gasteiger partial charge in [0.25, 0.3) is 0 Å². The molecule has 1 heterocycles. The Balaban J connectivity index is 1.74. The molecule has 0 spiro atoms. The second-order valence-corrected chi connectivity index (χ2v) is 6.88. The molecule has 1 atom stereocenters. The fraction of sp³-hybridized carbons (Fsp3) is 0.160. The summed E-state index contributed by atoms with van der Waals surface area (Å²) in [5.41, 5.74) is 2.36. The Hall–Kier alpha value is -3.37. The minimum atomic E-state index is -0.164. The van der Waals surface area contributed by atoms with E-state index in [0.717, 1.165) is 24.1 Å². The number of fused-ring (bicyclic) bond motifs is 1. The molecule has 4 rings (SSSR count). The van der Waals surface area contributed by atoms with E-state index >= 15 is 0 Å². The zero-order chi connectivity index (χ0) is 20.1. The molecule has 4 aromatic rings. The van der Waals surface area contributed by atoms with Crippen LogP contribution in [0.15, 0.2) is 94.1 Å². The molecule has 4 heteroatoms. The van der Waals surface area contributed by atoms with Crippen LogP contribution in [-0.4, -0.2) is 13.6 Å². The predicted molar refractivity (Wildman–Crippen MR) is 116 cm³/mol. The van der Waals surface area contributed by atoms with Crippen LogP contribution >= 0.6 is 0 Å². The van der Waals surface area contributed by atoms with Crippen molar-refractivity contribution in [2.75, 3.05) is 13.6 Å². The number of rotatable bonds is 7. The monoisotopic (exact) mass is 385 g/mol. The van der Waals surface area contributed by atoms with Crippen molar-refractivity contribution in [3.63, 3.8) is 0 Å². The number of hydrogen-bond acceptors (Lipinski definition) is 4. The average molecular weight is 385 g/mol. The minimum absolute atomic E-state index is 0.110. The van der Waals surface area contributed by atoms with Gasteiger partial charge >= 0.3 is 0 Å². The summed E-state index contributed by atoms with van der Waals surface area (Å²) < 4.78 is 12.4. The van der Waals surface area contributed by atoms with Crippen molar-refractivity contribution in [3.8, 4) is 17.1 Å². The highest BCUT2D eigenvalue weighted by molar-refractivity contribution is 5.84. The molecule has 0 fully saturated rings. The van der Waals surface area contributed by atoms with Crippen LogP contribution < -0.4 is 15.5 Å². The van der Waals surface area contributed by atoms with Crippen LogP contribution in [0.25, 0.3) is 22.3 Å². The molecule has 0 bridgehead atoms. The van der Waals surface area contributed by atoms with Gasteiger partial charge in [-0.1, -0.05) is 66.7 Å². The third kappa shape index (κ3) is 4.23. The van der Waals surface area contributed by atoms with Crippen LogP contribution in [0.3, 0.4) is 0 Å². The quantitative estimate of drug-likeness (QED) is 0.476. The maximum Gasteiger partial charge on any atom is 0.197 e. The Morgan fingerprint density at radius 2 is 1.66 bits per heavy atom. The fourth-order valence-electron chi connectivity index (χ4n) is 3.41. The van der Waals surface area contributed by atoms with Crippen LogP contribution in [0, 0.1) is 0 Å². The van der Waals surface area contributed by atoms with Gasteiger partial charge in [0.15, 0.2) is 5.43 Å². The average Bonchev–Trinajstić information content (AvgIpc) is 2.77. The van der Waals surface area contributed by atoms with Crippen molar-refractivity contribution in [2.24, 2.45) is 0 Å². The van der Waals surface area contributed by atoms with E-state index in [4.69, 9.17) is 9.15 Å². The van der Waals surface area contributed by atoms with E-state index in [9.17, 15) is 4.79 Å². The van der Waals surface area contributed by atoms with Crippen molar-refractivity contribution in [3.05, 3.63) is 101 Å². The first-order valence-electron chi connectivity index (χ1n) is 9.75. The molecule has 0 aliphatic heterocycles. The Kier molecular flexibility index (Phi) is 5.73. The topological polar surface area (TPSA) is 51.5 Å². The van der Waals surface area contributed by atoms with Crippen molar-refractivity contribution in [1.29, 1.82) is 0 Å². The van der Waals surface area contributed by atoms with Crippen molar-refractivity contribution >= 4 is 11.0 Å². The summed E-state index contributed by atoms with van der Waals surface area (Å²) in [6.07, 6.45) is 0.618. The molecule has 0 aliphatic rings. The normalized spacial score (nSPS) is 12.0. The SMILES string of the molecule is CNCCC(Oc1cccc2oc(-c3ccccc3)cc(=O)c12)c1ccccc1. The van der Waals surface area contributed by atoms with Gasteiger partial charge in [-0.2, -0.15) is 0 Å². The molecular formula is C25H23NO3. The molecular weight excluding hydrogens is 362 g/mol. The number of hydrogen-bond donors (Lipinski definition) is 1. The summed E-state index contributed by atoms with van der Waals surface area (Å²) in [7, 11) is 1.92. The van der Waals surface area contributed by atoms with Gasteiger partial charge in [0, 0.05) is 18.1 Å². The first-order chi connectivity index (χ1) is 14.3. The number of benzene rings is 3. The van der Waals surface area contributed by atoms with Gasteiger partial charge < -0.3 is 14.5 Å². The van der Waals surface area contributed by atoms with Crippen LogP contribution in [0.1, 0.15) is 18.1 Å². The van der Waals surface area contributed by atoms with E-state index < -0.39 is 0 Å². The Morgan fingerprint density at radius 1 is 0.931 bits per heavy atom. The van der Waals surface area contributed by atoms with Crippen LogP contribution in [-0.2, 0) is 0 Å². The first kappa shape index (κ1) is 19.0. The molecule has 0 aliphatic carbocycles. The fourth-order valence-corrected chi connectivity index (χ4v) is 3.41. The second-order valence-electron chi connectivity index (χ2n) is 6.88. The van der Waals surface area contributed by atoms with Crippen molar-refractivity contribution in [1.82, 2.24) is 5.32 Å². The summed E-state index contributed by atoms with van der Waals surface area (Å²) in [5, 5.41) is 3.64. The van der Waals surface area contributed by atoms with Crippen molar-refractivity contribution < 1.29 is 9.15 Å². The summed E-state index contributed by atoms with van der Waals surface area (Å²) >= 11 is 0. The summed E-state index contributed by atoms with van der Waals surface area (Å²) in [6, 6.07) is 26.7. The van der Waals surface area contributed by atoms with Crippen LogP contribution in [0.5, 0.6) is 5.75 Å². The number of ether oxygens (including phenoxy) is 1. The van der Waals surface area contributed by atoms with Gasteiger partial charge in [0.1, 0.15) is 28.6 Å². The zero-order valence-electron chi connectivity index (χ0n) is 16.3. The standard InChI is InChI=1S/C25H23NO3/c1-26-16-15-21(18-9-4-2-5-10-18)28-22-13-8-14-23-25(22)20(27)17-24(29-23)19-11-6-3-7-12-19/h2-14,17,21,26H,15-16H2,1H3. The molecule has 0 saturated heterocycles. The summed E-state index contributed by atoms with van der Waals surface area (Å²) in [5.74, 6) is 1.09. The van der Waals surface area contributed by atoms with Gasteiger partial charge in [0.05, 0.1) is 0 Å². The van der Waals surface area contributed by atoms with Gasteiger partial charge in [-0.25, -0.2) is 0 Å². The highest BCUT2D eigenvalue weighted by Gasteiger charge is 2.17. The molecule has 0 amide bonds. The lowest BCUT2D eigenvalue weighted by atomic mass is 10.1. The highest BCUT2D eigenvalue weighted by Crippen LogP contribution is 2.31. The van der Waals surface area contributed by atoms with Crippen LogP contribution in [0.4, 0.5) is 0 Å². The van der Waals surface area contributed by atoms with Gasteiger partial charge in [-0.3, -0.25) is 4.79 Å². The Bertz CT molecular complexity index is 1140.